The number of hydrogen-bond donors (Lipinski definition) is 1. The largest absolute Gasteiger partial charge is 0.325 e. The SMILES string of the molecule is O=C(CBr)CN1C(=O)NC(c2ccccc2)(c2ccccc2)C1=O. The van der Waals surface area contributed by atoms with Crippen LogP contribution in [0.1, 0.15) is 11.1 Å². The van der Waals surface area contributed by atoms with Crippen molar-refractivity contribution in [3.8, 4) is 0 Å². The average Bonchev–Trinajstić information content (AvgIpc) is 2.88. The summed E-state index contributed by atoms with van der Waals surface area (Å²) in [7, 11) is 0. The highest BCUT2D eigenvalue weighted by Gasteiger charge is 2.53. The van der Waals surface area contributed by atoms with Crippen molar-refractivity contribution in [1.82, 2.24) is 10.2 Å². The molecule has 0 bridgehead atoms. The Balaban J connectivity index is 2.12. The summed E-state index contributed by atoms with van der Waals surface area (Å²) in [6.07, 6.45) is 0. The zero-order valence-electron chi connectivity index (χ0n) is 12.7. The number of Topliss-reactive ketones (excluding diaryl/α,β-unsaturated/α-hetero) is 1. The third-order valence-electron chi connectivity index (χ3n) is 4.00. The summed E-state index contributed by atoms with van der Waals surface area (Å²) in [6.45, 7) is -0.253. The van der Waals surface area contributed by atoms with Crippen LogP contribution in [0, 0.1) is 0 Å². The Kier molecular flexibility index (Phi) is 4.49. The number of ketones is 1. The molecule has 0 atom stereocenters. The predicted molar refractivity (Wildman–Crippen MR) is 92.7 cm³/mol. The smallest absolute Gasteiger partial charge is 0.315 e. The van der Waals surface area contributed by atoms with Gasteiger partial charge in [-0.2, -0.15) is 0 Å². The summed E-state index contributed by atoms with van der Waals surface area (Å²) in [5, 5.41) is 2.89. The number of amides is 3. The molecule has 5 nitrogen and oxygen atoms in total. The van der Waals surface area contributed by atoms with Crippen molar-refractivity contribution in [3.63, 3.8) is 0 Å². The summed E-state index contributed by atoms with van der Waals surface area (Å²) in [6, 6.07) is 17.5. The van der Waals surface area contributed by atoms with Gasteiger partial charge in [-0.15, -0.1) is 0 Å². The Morgan fingerprint density at radius 1 is 0.958 bits per heavy atom. The highest BCUT2D eigenvalue weighted by molar-refractivity contribution is 9.09. The van der Waals surface area contributed by atoms with Gasteiger partial charge in [-0.3, -0.25) is 14.5 Å². The Morgan fingerprint density at radius 3 is 1.92 bits per heavy atom. The van der Waals surface area contributed by atoms with Gasteiger partial charge in [-0.25, -0.2) is 4.79 Å². The van der Waals surface area contributed by atoms with Crippen LogP contribution in [0.3, 0.4) is 0 Å². The topological polar surface area (TPSA) is 66.5 Å². The van der Waals surface area contributed by atoms with E-state index in [1.807, 2.05) is 36.4 Å². The van der Waals surface area contributed by atoms with Crippen LogP contribution in [0.2, 0.25) is 0 Å². The average molecular weight is 387 g/mol. The van der Waals surface area contributed by atoms with Crippen LogP contribution < -0.4 is 5.32 Å². The molecule has 2 aromatic carbocycles. The first kappa shape index (κ1) is 16.4. The molecule has 0 unspecified atom stereocenters. The van der Waals surface area contributed by atoms with Crippen molar-refractivity contribution in [3.05, 3.63) is 71.8 Å². The Hall–Kier alpha value is -2.47. The number of halogens is 1. The standard InChI is InChI=1S/C18H15BrN2O3/c19-11-15(22)12-21-16(23)18(20-17(21)24,13-7-3-1-4-8-13)14-9-5-2-6-10-14/h1-10H,11-12H2,(H,20,24). The summed E-state index contributed by atoms with van der Waals surface area (Å²) in [5.74, 6) is -0.686. The second-order valence-electron chi connectivity index (χ2n) is 5.48. The van der Waals surface area contributed by atoms with Crippen LogP contribution >= 0.6 is 15.9 Å². The lowest BCUT2D eigenvalue weighted by atomic mass is 9.82. The monoisotopic (exact) mass is 386 g/mol. The Morgan fingerprint density at radius 2 is 1.46 bits per heavy atom. The highest BCUT2D eigenvalue weighted by atomic mass is 79.9. The molecular formula is C18H15BrN2O3. The molecule has 0 radical (unpaired) electrons. The molecule has 1 fully saturated rings. The molecule has 1 N–H and O–H groups in total. The predicted octanol–water partition coefficient (Wildman–Crippen LogP) is 2.45. The fourth-order valence-electron chi connectivity index (χ4n) is 2.87. The lowest BCUT2D eigenvalue weighted by Gasteiger charge is -2.27. The van der Waals surface area contributed by atoms with Crippen molar-refractivity contribution in [2.45, 2.75) is 5.54 Å². The van der Waals surface area contributed by atoms with Crippen LogP contribution in [0.25, 0.3) is 0 Å². The first-order chi connectivity index (χ1) is 11.6. The molecular weight excluding hydrogens is 372 g/mol. The van der Waals surface area contributed by atoms with Gasteiger partial charge in [0.25, 0.3) is 5.91 Å². The minimum Gasteiger partial charge on any atom is -0.315 e. The summed E-state index contributed by atoms with van der Waals surface area (Å²) in [4.78, 5) is 38.3. The lowest BCUT2D eigenvalue weighted by Crippen LogP contribution is -2.45. The van der Waals surface area contributed by atoms with Crippen LogP contribution in [0.4, 0.5) is 4.79 Å². The van der Waals surface area contributed by atoms with Crippen LogP contribution in [0.15, 0.2) is 60.7 Å². The molecule has 0 aliphatic carbocycles. The molecule has 6 heteroatoms. The van der Waals surface area contributed by atoms with Gasteiger partial charge in [0.1, 0.15) is 0 Å². The van der Waals surface area contributed by atoms with E-state index in [4.69, 9.17) is 0 Å². The van der Waals surface area contributed by atoms with Crippen molar-refractivity contribution in [2.24, 2.45) is 0 Å². The fourth-order valence-corrected chi connectivity index (χ4v) is 3.05. The maximum absolute atomic E-state index is 13.2. The zero-order chi connectivity index (χ0) is 17.2. The fraction of sp³-hybridized carbons (Fsp3) is 0.167. The Labute approximate surface area is 147 Å². The van der Waals surface area contributed by atoms with E-state index in [0.717, 1.165) is 4.90 Å². The van der Waals surface area contributed by atoms with Crippen molar-refractivity contribution in [2.75, 3.05) is 11.9 Å². The van der Waals surface area contributed by atoms with Crippen LogP contribution in [-0.4, -0.2) is 34.5 Å². The third kappa shape index (κ3) is 2.63. The zero-order valence-corrected chi connectivity index (χ0v) is 14.3. The van der Waals surface area contributed by atoms with Gasteiger partial charge in [0.15, 0.2) is 11.3 Å². The van der Waals surface area contributed by atoms with Crippen molar-refractivity contribution in [1.29, 1.82) is 0 Å². The number of nitrogens with one attached hydrogen (secondary N) is 1. The molecule has 0 saturated carbocycles. The third-order valence-corrected chi connectivity index (χ3v) is 4.63. The first-order valence-electron chi connectivity index (χ1n) is 7.42. The van der Waals surface area contributed by atoms with E-state index in [-0.39, 0.29) is 17.7 Å². The van der Waals surface area contributed by atoms with Gasteiger partial charge >= 0.3 is 6.03 Å². The molecule has 2 aromatic rings. The molecule has 0 spiro atoms. The van der Waals surface area contributed by atoms with Crippen LogP contribution in [0.5, 0.6) is 0 Å². The van der Waals surface area contributed by atoms with E-state index < -0.39 is 17.5 Å². The van der Waals surface area contributed by atoms with Gasteiger partial charge in [0.05, 0.1) is 11.9 Å². The van der Waals surface area contributed by atoms with E-state index in [1.54, 1.807) is 24.3 Å². The van der Waals surface area contributed by atoms with Crippen LogP contribution in [-0.2, 0) is 15.1 Å². The molecule has 1 saturated heterocycles. The minimum atomic E-state index is -1.31. The van der Waals surface area contributed by atoms with Gasteiger partial charge < -0.3 is 5.32 Å². The first-order valence-corrected chi connectivity index (χ1v) is 8.54. The molecule has 24 heavy (non-hydrogen) atoms. The van der Waals surface area contributed by atoms with Gasteiger partial charge in [0.2, 0.25) is 0 Å². The van der Waals surface area contributed by atoms with Gasteiger partial charge in [-0.1, -0.05) is 76.6 Å². The molecule has 1 aliphatic heterocycles. The van der Waals surface area contributed by atoms with E-state index in [1.165, 1.54) is 0 Å². The summed E-state index contributed by atoms with van der Waals surface area (Å²) in [5.41, 5.74) is -0.00155. The quantitative estimate of drug-likeness (QED) is 0.633. The van der Waals surface area contributed by atoms with E-state index >= 15 is 0 Å². The number of rotatable bonds is 5. The van der Waals surface area contributed by atoms with E-state index in [9.17, 15) is 14.4 Å². The lowest BCUT2D eigenvalue weighted by molar-refractivity contribution is -0.133. The number of carbonyl (C=O) groups excluding carboxylic acids is 3. The van der Waals surface area contributed by atoms with Crippen molar-refractivity contribution < 1.29 is 14.4 Å². The number of alkyl halides is 1. The Bertz CT molecular complexity index is 738. The second kappa shape index (κ2) is 6.57. The highest BCUT2D eigenvalue weighted by Crippen LogP contribution is 2.35. The van der Waals surface area contributed by atoms with E-state index in [2.05, 4.69) is 21.2 Å². The summed E-state index contributed by atoms with van der Waals surface area (Å²) < 4.78 is 0. The van der Waals surface area contributed by atoms with E-state index in [0.29, 0.717) is 11.1 Å². The number of benzene rings is 2. The number of hydrogen-bond acceptors (Lipinski definition) is 3. The molecule has 3 amide bonds. The van der Waals surface area contributed by atoms with Gasteiger partial charge in [0, 0.05) is 0 Å². The number of imide groups is 1. The number of carbonyl (C=O) groups is 3. The van der Waals surface area contributed by atoms with Crippen molar-refractivity contribution >= 4 is 33.7 Å². The molecule has 1 heterocycles. The maximum atomic E-state index is 13.2. The van der Waals surface area contributed by atoms with Gasteiger partial charge in [-0.05, 0) is 11.1 Å². The summed E-state index contributed by atoms with van der Waals surface area (Å²) >= 11 is 3.06. The maximum Gasteiger partial charge on any atom is 0.325 e. The normalized spacial score (nSPS) is 16.1. The number of nitrogens with zero attached hydrogens (tertiary/aromatic N) is 1. The minimum absolute atomic E-state index is 0.0910. The molecule has 122 valence electrons. The number of urea groups is 1. The molecule has 1 aliphatic rings. The second-order valence-corrected chi connectivity index (χ2v) is 6.04. The molecule has 0 aromatic heterocycles. The molecule has 3 rings (SSSR count).